The molecule has 0 aliphatic rings. The number of rotatable bonds is 4. The summed E-state index contributed by atoms with van der Waals surface area (Å²) in [4.78, 5) is 0. The van der Waals surface area contributed by atoms with E-state index >= 15 is 0 Å². The van der Waals surface area contributed by atoms with E-state index in [1.807, 2.05) is 44.2 Å². The fourth-order valence-electron chi connectivity index (χ4n) is 2.19. The molecule has 0 spiro atoms. The van der Waals surface area contributed by atoms with Crippen LogP contribution in [0.25, 0.3) is 0 Å². The van der Waals surface area contributed by atoms with E-state index in [-0.39, 0.29) is 17.9 Å². The fourth-order valence-corrected chi connectivity index (χ4v) is 2.72. The smallest absolute Gasteiger partial charge is 0.129 e. The van der Waals surface area contributed by atoms with Crippen LogP contribution in [-0.4, -0.2) is 0 Å². The van der Waals surface area contributed by atoms with Gasteiger partial charge in [0.05, 0.1) is 0 Å². The Bertz CT molecular complexity index is 603. The molecule has 0 amide bonds. The molecule has 0 heterocycles. The van der Waals surface area contributed by atoms with E-state index in [9.17, 15) is 4.39 Å². The van der Waals surface area contributed by atoms with Crippen molar-refractivity contribution in [3.8, 4) is 0 Å². The molecule has 0 aliphatic heterocycles. The maximum Gasteiger partial charge on any atom is 0.129 e. The number of hydrogen-bond acceptors (Lipinski definition) is 1. The van der Waals surface area contributed by atoms with Crippen LogP contribution in [0.4, 0.5) is 4.39 Å². The second kappa shape index (κ2) is 6.70. The van der Waals surface area contributed by atoms with Crippen LogP contribution in [0.3, 0.4) is 0 Å². The molecule has 4 heteroatoms. The van der Waals surface area contributed by atoms with Crippen molar-refractivity contribution in [2.75, 3.05) is 0 Å². The molecule has 1 nitrogen and oxygen atoms in total. The van der Waals surface area contributed by atoms with Crippen molar-refractivity contribution in [3.63, 3.8) is 0 Å². The lowest BCUT2D eigenvalue weighted by Gasteiger charge is -2.21. The quantitative estimate of drug-likeness (QED) is 0.746. The topological polar surface area (TPSA) is 12.0 Å². The summed E-state index contributed by atoms with van der Waals surface area (Å²) in [5, 5.41) is 4.09. The van der Waals surface area contributed by atoms with Gasteiger partial charge in [-0.15, -0.1) is 0 Å². The Morgan fingerprint density at radius 1 is 1.10 bits per heavy atom. The zero-order chi connectivity index (χ0) is 14.7. The summed E-state index contributed by atoms with van der Waals surface area (Å²) in [5.74, 6) is -0.210. The van der Waals surface area contributed by atoms with Gasteiger partial charge in [0.25, 0.3) is 0 Å². The third-order valence-corrected chi connectivity index (χ3v) is 4.01. The van der Waals surface area contributed by atoms with Crippen molar-refractivity contribution in [1.29, 1.82) is 0 Å². The van der Waals surface area contributed by atoms with Crippen molar-refractivity contribution in [2.45, 2.75) is 25.9 Å². The number of hydrogen-bond donors (Lipinski definition) is 1. The summed E-state index contributed by atoms with van der Waals surface area (Å²) in [6, 6.07) is 12.8. The first-order chi connectivity index (χ1) is 9.47. The molecule has 0 fully saturated rings. The molecular weight excluding hydrogens is 341 g/mol. The van der Waals surface area contributed by atoms with Crippen LogP contribution in [0.5, 0.6) is 0 Å². The first-order valence-corrected chi connectivity index (χ1v) is 7.61. The van der Waals surface area contributed by atoms with Crippen molar-refractivity contribution >= 4 is 27.5 Å². The minimum absolute atomic E-state index is 0.0860. The van der Waals surface area contributed by atoms with Gasteiger partial charge in [0.15, 0.2) is 0 Å². The van der Waals surface area contributed by atoms with E-state index in [4.69, 9.17) is 11.6 Å². The molecule has 2 atom stereocenters. The second-order valence-electron chi connectivity index (χ2n) is 4.83. The molecule has 2 rings (SSSR count). The third kappa shape index (κ3) is 3.81. The molecule has 1 unspecified atom stereocenters. The molecule has 1 N–H and O–H groups in total. The first kappa shape index (κ1) is 15.5. The van der Waals surface area contributed by atoms with Gasteiger partial charge in [-0.3, -0.25) is 0 Å². The second-order valence-corrected chi connectivity index (χ2v) is 6.18. The Labute approximate surface area is 132 Å². The minimum Gasteiger partial charge on any atom is -0.304 e. The molecule has 20 heavy (non-hydrogen) atoms. The van der Waals surface area contributed by atoms with Gasteiger partial charge in [-0.05, 0) is 43.7 Å². The van der Waals surface area contributed by atoms with Crippen LogP contribution in [0, 0.1) is 5.82 Å². The van der Waals surface area contributed by atoms with Crippen LogP contribution in [0.15, 0.2) is 46.9 Å². The molecule has 106 valence electrons. The zero-order valence-corrected chi connectivity index (χ0v) is 13.7. The van der Waals surface area contributed by atoms with Gasteiger partial charge in [0, 0.05) is 27.1 Å². The van der Waals surface area contributed by atoms with E-state index in [0.29, 0.717) is 10.6 Å². The minimum atomic E-state index is -0.210. The average Bonchev–Trinajstić information content (AvgIpc) is 2.38. The van der Waals surface area contributed by atoms with Crippen LogP contribution in [-0.2, 0) is 0 Å². The summed E-state index contributed by atoms with van der Waals surface area (Å²) < 4.78 is 14.7. The van der Waals surface area contributed by atoms with Gasteiger partial charge in [-0.1, -0.05) is 45.7 Å². The van der Waals surface area contributed by atoms with Crippen LogP contribution >= 0.6 is 27.5 Å². The molecule has 0 radical (unpaired) electrons. The lowest BCUT2D eigenvalue weighted by molar-refractivity contribution is 0.474. The monoisotopic (exact) mass is 355 g/mol. The van der Waals surface area contributed by atoms with E-state index in [1.165, 1.54) is 6.07 Å². The Morgan fingerprint density at radius 2 is 1.85 bits per heavy atom. The van der Waals surface area contributed by atoms with E-state index < -0.39 is 0 Å². The number of benzene rings is 2. The highest BCUT2D eigenvalue weighted by Crippen LogP contribution is 2.24. The van der Waals surface area contributed by atoms with Crippen molar-refractivity contribution < 1.29 is 4.39 Å². The Morgan fingerprint density at radius 3 is 2.50 bits per heavy atom. The predicted octanol–water partition coefficient (Wildman–Crippen LogP) is 5.65. The zero-order valence-electron chi connectivity index (χ0n) is 11.3. The fraction of sp³-hybridized carbons (Fsp3) is 0.250. The Balaban J connectivity index is 2.12. The third-order valence-electron chi connectivity index (χ3n) is 3.28. The number of halogens is 3. The highest BCUT2D eigenvalue weighted by Gasteiger charge is 2.14. The molecule has 2 aromatic rings. The highest BCUT2D eigenvalue weighted by atomic mass is 79.9. The molecular formula is C16H16BrClFN. The Kier molecular flexibility index (Phi) is 5.19. The van der Waals surface area contributed by atoms with E-state index in [0.717, 1.165) is 10.0 Å². The lowest BCUT2D eigenvalue weighted by Crippen LogP contribution is -2.23. The molecule has 2 aromatic carbocycles. The largest absolute Gasteiger partial charge is 0.304 e. The molecule has 0 saturated heterocycles. The lowest BCUT2D eigenvalue weighted by atomic mass is 10.0. The van der Waals surface area contributed by atoms with Crippen molar-refractivity contribution in [1.82, 2.24) is 5.32 Å². The van der Waals surface area contributed by atoms with Crippen LogP contribution < -0.4 is 5.32 Å². The Hall–Kier alpha value is -0.900. The van der Waals surface area contributed by atoms with Gasteiger partial charge >= 0.3 is 0 Å². The van der Waals surface area contributed by atoms with Gasteiger partial charge < -0.3 is 5.32 Å². The summed E-state index contributed by atoms with van der Waals surface area (Å²) >= 11 is 9.26. The van der Waals surface area contributed by atoms with E-state index in [1.54, 1.807) is 6.07 Å². The molecule has 0 aromatic heterocycles. The SMILES string of the molecule is CC(N[C@@H](C)c1cccc(Cl)c1)c1ccc(Br)cc1F. The summed E-state index contributed by atoms with van der Waals surface area (Å²) in [5.41, 5.74) is 1.74. The van der Waals surface area contributed by atoms with Gasteiger partial charge in [-0.25, -0.2) is 4.39 Å². The molecule has 0 saturated carbocycles. The summed E-state index contributed by atoms with van der Waals surface area (Å²) in [6.07, 6.45) is 0. The van der Waals surface area contributed by atoms with Crippen molar-refractivity contribution in [2.24, 2.45) is 0 Å². The van der Waals surface area contributed by atoms with E-state index in [2.05, 4.69) is 21.2 Å². The summed E-state index contributed by atoms with van der Waals surface area (Å²) in [7, 11) is 0. The van der Waals surface area contributed by atoms with Crippen LogP contribution in [0.2, 0.25) is 5.02 Å². The maximum atomic E-state index is 13.9. The van der Waals surface area contributed by atoms with Crippen molar-refractivity contribution in [3.05, 3.63) is 68.9 Å². The molecule has 0 aliphatic carbocycles. The normalized spacial score (nSPS) is 14.1. The van der Waals surface area contributed by atoms with Gasteiger partial charge in [-0.2, -0.15) is 0 Å². The highest BCUT2D eigenvalue weighted by molar-refractivity contribution is 9.10. The predicted molar refractivity (Wildman–Crippen MR) is 85.5 cm³/mol. The standard InChI is InChI=1S/C16H16BrClFN/c1-10(12-4-3-5-14(18)8-12)20-11(2)15-7-6-13(17)9-16(15)19/h3-11,20H,1-2H3/t10-,11?/m0/s1. The number of nitrogens with one attached hydrogen (secondary N) is 1. The summed E-state index contributed by atoms with van der Waals surface area (Å²) in [6.45, 7) is 3.99. The van der Waals surface area contributed by atoms with Gasteiger partial charge in [0.2, 0.25) is 0 Å². The first-order valence-electron chi connectivity index (χ1n) is 6.44. The van der Waals surface area contributed by atoms with Crippen LogP contribution in [0.1, 0.15) is 37.1 Å². The molecule has 0 bridgehead atoms. The maximum absolute atomic E-state index is 13.9. The van der Waals surface area contributed by atoms with Gasteiger partial charge in [0.1, 0.15) is 5.82 Å². The average molecular weight is 357 g/mol.